The summed E-state index contributed by atoms with van der Waals surface area (Å²) in [5.74, 6) is 1.09. The second-order valence-electron chi connectivity index (χ2n) is 7.56. The first-order chi connectivity index (χ1) is 15.2. The van der Waals surface area contributed by atoms with Crippen molar-refractivity contribution in [1.82, 2.24) is 4.98 Å². The highest BCUT2D eigenvalue weighted by molar-refractivity contribution is 8.77. The first-order valence-corrected chi connectivity index (χ1v) is 12.9. The molecule has 0 aliphatic carbocycles. The van der Waals surface area contributed by atoms with Crippen LogP contribution in [0.3, 0.4) is 0 Å². The standard InChI is InChI=1S/C24H25N3O2S2/c28-23(7-2-1-5-20-13-15-30-31-20)26-19-10-8-17(9-11-19)24(29)27-22-6-3-4-18-16-25-14-12-21(18)22/h3-4,6,8-12,14,16,20H,1-2,5,7,13,15H2,(H,26,28)(H,27,29). The number of nitrogens with zero attached hydrogens (tertiary/aromatic N) is 1. The number of rotatable bonds is 8. The van der Waals surface area contributed by atoms with Gasteiger partial charge in [-0.3, -0.25) is 14.6 Å². The van der Waals surface area contributed by atoms with Crippen LogP contribution in [0.4, 0.5) is 11.4 Å². The van der Waals surface area contributed by atoms with Gasteiger partial charge in [-0.2, -0.15) is 0 Å². The summed E-state index contributed by atoms with van der Waals surface area (Å²) in [6, 6.07) is 14.6. The summed E-state index contributed by atoms with van der Waals surface area (Å²) in [5, 5.41) is 8.56. The molecule has 4 rings (SSSR count). The van der Waals surface area contributed by atoms with E-state index >= 15 is 0 Å². The van der Waals surface area contributed by atoms with Gasteiger partial charge < -0.3 is 10.6 Å². The minimum absolute atomic E-state index is 0.0232. The highest BCUT2D eigenvalue weighted by Gasteiger charge is 2.16. The van der Waals surface area contributed by atoms with Crippen molar-refractivity contribution in [3.05, 3.63) is 66.5 Å². The number of unbranched alkanes of at least 4 members (excludes halogenated alkanes) is 1. The Morgan fingerprint density at radius 1 is 1.03 bits per heavy atom. The van der Waals surface area contributed by atoms with Gasteiger partial charge >= 0.3 is 0 Å². The summed E-state index contributed by atoms with van der Waals surface area (Å²) in [4.78, 5) is 29.0. The Balaban J connectivity index is 1.27. The number of carbonyl (C=O) groups excluding carboxylic acids is 2. The van der Waals surface area contributed by atoms with Gasteiger partial charge in [0.25, 0.3) is 5.91 Å². The fourth-order valence-electron chi connectivity index (χ4n) is 3.58. The highest BCUT2D eigenvalue weighted by atomic mass is 33.1. The number of aromatic nitrogens is 1. The Labute approximate surface area is 190 Å². The summed E-state index contributed by atoms with van der Waals surface area (Å²) >= 11 is 0. The van der Waals surface area contributed by atoms with E-state index in [4.69, 9.17) is 0 Å². The molecule has 1 atom stereocenters. The van der Waals surface area contributed by atoms with Gasteiger partial charge in [-0.1, -0.05) is 40.1 Å². The zero-order valence-electron chi connectivity index (χ0n) is 17.2. The Morgan fingerprint density at radius 2 is 1.90 bits per heavy atom. The second kappa shape index (κ2) is 10.7. The summed E-state index contributed by atoms with van der Waals surface area (Å²) in [6.07, 6.45) is 8.50. The molecule has 0 bridgehead atoms. The number of amides is 2. The molecule has 0 spiro atoms. The average Bonchev–Trinajstić information content (AvgIpc) is 3.31. The van der Waals surface area contributed by atoms with E-state index in [0.29, 0.717) is 17.7 Å². The smallest absolute Gasteiger partial charge is 0.255 e. The number of anilines is 2. The van der Waals surface area contributed by atoms with Crippen molar-refractivity contribution in [3.8, 4) is 0 Å². The summed E-state index contributed by atoms with van der Waals surface area (Å²) in [7, 11) is 3.95. The van der Waals surface area contributed by atoms with Crippen LogP contribution in [0.1, 0.15) is 42.5 Å². The summed E-state index contributed by atoms with van der Waals surface area (Å²) < 4.78 is 0. The molecule has 1 saturated heterocycles. The lowest BCUT2D eigenvalue weighted by Gasteiger charge is -2.10. The topological polar surface area (TPSA) is 71.1 Å². The Kier molecular flexibility index (Phi) is 7.48. The number of benzene rings is 2. The van der Waals surface area contributed by atoms with E-state index in [0.717, 1.165) is 34.6 Å². The fraction of sp³-hybridized carbons (Fsp3) is 0.292. The van der Waals surface area contributed by atoms with Gasteiger partial charge in [-0.05, 0) is 55.7 Å². The highest BCUT2D eigenvalue weighted by Crippen LogP contribution is 2.39. The maximum Gasteiger partial charge on any atom is 0.255 e. The number of pyridine rings is 1. The molecule has 0 radical (unpaired) electrons. The van der Waals surface area contributed by atoms with Gasteiger partial charge in [0.05, 0.1) is 0 Å². The lowest BCUT2D eigenvalue weighted by molar-refractivity contribution is -0.116. The quantitative estimate of drug-likeness (QED) is 0.318. The van der Waals surface area contributed by atoms with Crippen LogP contribution < -0.4 is 10.6 Å². The molecule has 2 heterocycles. The molecular formula is C24H25N3O2S2. The zero-order chi connectivity index (χ0) is 21.5. The van der Waals surface area contributed by atoms with E-state index in [-0.39, 0.29) is 11.8 Å². The van der Waals surface area contributed by atoms with Crippen LogP contribution in [-0.2, 0) is 4.79 Å². The largest absolute Gasteiger partial charge is 0.326 e. The SMILES string of the molecule is O=C(CCCCC1CCSS1)Nc1ccc(C(=O)Nc2cccc3cnccc23)cc1. The van der Waals surface area contributed by atoms with Crippen molar-refractivity contribution in [1.29, 1.82) is 0 Å². The van der Waals surface area contributed by atoms with E-state index in [1.54, 1.807) is 36.7 Å². The van der Waals surface area contributed by atoms with Crippen LogP contribution in [0, 0.1) is 0 Å². The van der Waals surface area contributed by atoms with Crippen LogP contribution in [0.2, 0.25) is 0 Å². The number of fused-ring (bicyclic) bond motifs is 1. The maximum absolute atomic E-state index is 12.7. The van der Waals surface area contributed by atoms with Gasteiger partial charge in [0.1, 0.15) is 0 Å². The van der Waals surface area contributed by atoms with Gasteiger partial charge in [0, 0.05) is 57.5 Å². The average molecular weight is 452 g/mol. The molecule has 3 aromatic rings. The Hall–Kier alpha value is -2.51. The van der Waals surface area contributed by atoms with Crippen LogP contribution in [0.5, 0.6) is 0 Å². The second-order valence-corrected chi connectivity index (χ2v) is 10.3. The first kappa shape index (κ1) is 21.7. The molecule has 1 fully saturated rings. The van der Waals surface area contributed by atoms with Crippen LogP contribution in [0.15, 0.2) is 60.9 Å². The molecule has 2 amide bonds. The minimum Gasteiger partial charge on any atom is -0.326 e. The minimum atomic E-state index is -0.190. The number of hydrogen-bond acceptors (Lipinski definition) is 5. The normalized spacial score (nSPS) is 15.7. The van der Waals surface area contributed by atoms with Crippen LogP contribution >= 0.6 is 21.6 Å². The van der Waals surface area contributed by atoms with Crippen molar-refractivity contribution in [2.24, 2.45) is 0 Å². The summed E-state index contributed by atoms with van der Waals surface area (Å²) in [5.41, 5.74) is 1.99. The van der Waals surface area contributed by atoms with Gasteiger partial charge in [0.15, 0.2) is 0 Å². The maximum atomic E-state index is 12.7. The van der Waals surface area contributed by atoms with Crippen LogP contribution in [-0.4, -0.2) is 27.8 Å². The van der Waals surface area contributed by atoms with E-state index in [2.05, 4.69) is 15.6 Å². The van der Waals surface area contributed by atoms with Crippen molar-refractivity contribution >= 4 is 55.5 Å². The molecule has 1 aliphatic rings. The number of nitrogens with one attached hydrogen (secondary N) is 2. The number of hydrogen-bond donors (Lipinski definition) is 2. The third-order valence-corrected chi connectivity index (χ3v) is 8.27. The third kappa shape index (κ3) is 6.02. The number of carbonyl (C=O) groups is 2. The molecule has 31 heavy (non-hydrogen) atoms. The first-order valence-electron chi connectivity index (χ1n) is 10.5. The molecule has 2 aromatic carbocycles. The van der Waals surface area contributed by atoms with E-state index in [9.17, 15) is 9.59 Å². The fourth-order valence-corrected chi connectivity index (χ4v) is 6.60. The van der Waals surface area contributed by atoms with Crippen LogP contribution in [0.25, 0.3) is 10.8 Å². The molecule has 2 N–H and O–H groups in total. The predicted molar refractivity (Wildman–Crippen MR) is 132 cm³/mol. The van der Waals surface area contributed by atoms with E-state index < -0.39 is 0 Å². The molecule has 0 saturated carbocycles. The van der Waals surface area contributed by atoms with Crippen molar-refractivity contribution in [2.75, 3.05) is 16.4 Å². The third-order valence-electron chi connectivity index (χ3n) is 5.27. The molecule has 7 heteroatoms. The monoisotopic (exact) mass is 451 g/mol. The van der Waals surface area contributed by atoms with Crippen molar-refractivity contribution in [2.45, 2.75) is 37.4 Å². The van der Waals surface area contributed by atoms with Gasteiger partial charge in [0.2, 0.25) is 5.91 Å². The Bertz CT molecular complexity index is 1040. The van der Waals surface area contributed by atoms with E-state index in [1.807, 2.05) is 45.9 Å². The molecular weight excluding hydrogens is 426 g/mol. The molecule has 1 unspecified atom stereocenters. The predicted octanol–water partition coefficient (Wildman–Crippen LogP) is 6.14. The lowest BCUT2D eigenvalue weighted by Crippen LogP contribution is -2.13. The molecule has 160 valence electrons. The molecule has 1 aromatic heterocycles. The Morgan fingerprint density at radius 3 is 2.71 bits per heavy atom. The molecule has 1 aliphatic heterocycles. The molecule has 5 nitrogen and oxygen atoms in total. The lowest BCUT2D eigenvalue weighted by atomic mass is 10.1. The van der Waals surface area contributed by atoms with Crippen molar-refractivity contribution < 1.29 is 9.59 Å². The zero-order valence-corrected chi connectivity index (χ0v) is 18.8. The van der Waals surface area contributed by atoms with E-state index in [1.165, 1.54) is 18.6 Å². The van der Waals surface area contributed by atoms with Crippen molar-refractivity contribution in [3.63, 3.8) is 0 Å². The summed E-state index contributed by atoms with van der Waals surface area (Å²) in [6.45, 7) is 0. The van der Waals surface area contributed by atoms with Gasteiger partial charge in [-0.15, -0.1) is 0 Å². The van der Waals surface area contributed by atoms with Gasteiger partial charge in [-0.25, -0.2) is 0 Å².